The zero-order valence-corrected chi connectivity index (χ0v) is 11.5. The van der Waals surface area contributed by atoms with E-state index in [1.165, 1.54) is 12.3 Å². The Bertz CT molecular complexity index is 599. The van der Waals surface area contributed by atoms with Crippen LogP contribution in [0.15, 0.2) is 48.7 Å². The molecule has 0 radical (unpaired) electrons. The van der Waals surface area contributed by atoms with E-state index in [1.54, 1.807) is 6.92 Å². The molecule has 1 aromatic heterocycles. The van der Waals surface area contributed by atoms with Gasteiger partial charge in [-0.2, -0.15) is 13.2 Å². The minimum absolute atomic E-state index is 0.130. The lowest BCUT2D eigenvalue weighted by molar-refractivity contribution is -0.137. The summed E-state index contributed by atoms with van der Waals surface area (Å²) in [6.45, 7) is 1.88. The van der Waals surface area contributed by atoms with Gasteiger partial charge in [0, 0.05) is 12.7 Å². The number of hydrogen-bond acceptors (Lipinski definition) is 3. The van der Waals surface area contributed by atoms with Crippen LogP contribution in [-0.2, 0) is 11.7 Å². The second-order valence-corrected chi connectivity index (χ2v) is 4.92. The zero-order chi connectivity index (χ0) is 15.5. The molecule has 0 aliphatic rings. The third-order valence-electron chi connectivity index (χ3n) is 3.33. The minimum atomic E-state index is -4.47. The quantitative estimate of drug-likeness (QED) is 0.909. The Kier molecular flexibility index (Phi) is 4.18. The number of anilines is 1. The Morgan fingerprint density at radius 2 is 1.76 bits per heavy atom. The van der Waals surface area contributed by atoms with E-state index < -0.39 is 17.3 Å². The predicted octanol–water partition coefficient (Wildman–Crippen LogP) is 3.39. The second kappa shape index (κ2) is 5.73. The fraction of sp³-hybridized carbons (Fsp3) is 0.267. The third-order valence-corrected chi connectivity index (χ3v) is 3.33. The summed E-state index contributed by atoms with van der Waals surface area (Å²) >= 11 is 0. The van der Waals surface area contributed by atoms with Crippen molar-refractivity contribution >= 4 is 5.82 Å². The van der Waals surface area contributed by atoms with E-state index in [9.17, 15) is 13.2 Å². The number of pyridine rings is 1. The lowest BCUT2D eigenvalue weighted by atomic mass is 9.92. The smallest absolute Gasteiger partial charge is 0.359 e. The number of halogens is 3. The Morgan fingerprint density at radius 1 is 1.10 bits per heavy atom. The molecule has 3 N–H and O–H groups in total. The van der Waals surface area contributed by atoms with Gasteiger partial charge in [0.1, 0.15) is 5.82 Å². The van der Waals surface area contributed by atoms with Gasteiger partial charge < -0.3 is 11.1 Å². The maximum atomic E-state index is 13.0. The molecule has 0 bridgehead atoms. The zero-order valence-electron chi connectivity index (χ0n) is 11.5. The van der Waals surface area contributed by atoms with Crippen LogP contribution in [0.2, 0.25) is 0 Å². The number of alkyl halides is 3. The van der Waals surface area contributed by atoms with Crippen LogP contribution in [0.3, 0.4) is 0 Å². The highest BCUT2D eigenvalue weighted by Crippen LogP contribution is 2.35. The van der Waals surface area contributed by atoms with E-state index in [4.69, 9.17) is 5.73 Å². The molecule has 1 aromatic carbocycles. The molecule has 1 heterocycles. The molecule has 0 saturated carbocycles. The minimum Gasteiger partial charge on any atom is -0.359 e. The monoisotopic (exact) mass is 295 g/mol. The van der Waals surface area contributed by atoms with Gasteiger partial charge in [-0.25, -0.2) is 4.98 Å². The SMILES string of the molecule is CC(CN)(Nc1ncccc1C(F)(F)F)c1ccccc1. The normalized spacial score (nSPS) is 14.5. The molecule has 3 nitrogen and oxygen atoms in total. The predicted molar refractivity (Wildman–Crippen MR) is 75.7 cm³/mol. The first-order valence-corrected chi connectivity index (χ1v) is 6.43. The molecule has 2 aromatic rings. The van der Waals surface area contributed by atoms with Gasteiger partial charge in [0.05, 0.1) is 11.1 Å². The summed E-state index contributed by atoms with van der Waals surface area (Å²) in [4.78, 5) is 3.82. The number of benzene rings is 1. The molecule has 0 amide bonds. The molecular weight excluding hydrogens is 279 g/mol. The van der Waals surface area contributed by atoms with Crippen LogP contribution < -0.4 is 11.1 Å². The fourth-order valence-electron chi connectivity index (χ4n) is 2.04. The van der Waals surface area contributed by atoms with Crippen molar-refractivity contribution in [2.24, 2.45) is 5.73 Å². The Hall–Kier alpha value is -2.08. The van der Waals surface area contributed by atoms with Crippen molar-refractivity contribution in [3.63, 3.8) is 0 Å². The van der Waals surface area contributed by atoms with Crippen molar-refractivity contribution in [1.29, 1.82) is 0 Å². The molecule has 0 spiro atoms. The summed E-state index contributed by atoms with van der Waals surface area (Å²) in [5.74, 6) is -0.221. The van der Waals surface area contributed by atoms with Crippen LogP contribution in [-0.4, -0.2) is 11.5 Å². The van der Waals surface area contributed by atoms with Gasteiger partial charge in [-0.05, 0) is 24.6 Å². The van der Waals surface area contributed by atoms with Crippen molar-refractivity contribution in [3.05, 3.63) is 59.8 Å². The number of hydrogen-bond donors (Lipinski definition) is 2. The molecule has 0 aliphatic carbocycles. The molecule has 0 fully saturated rings. The molecule has 21 heavy (non-hydrogen) atoms. The molecule has 1 unspecified atom stereocenters. The van der Waals surface area contributed by atoms with Gasteiger partial charge in [0.25, 0.3) is 0 Å². The molecule has 112 valence electrons. The maximum Gasteiger partial charge on any atom is 0.419 e. The van der Waals surface area contributed by atoms with Gasteiger partial charge >= 0.3 is 6.18 Å². The van der Waals surface area contributed by atoms with Gasteiger partial charge in [0.2, 0.25) is 0 Å². The first-order valence-electron chi connectivity index (χ1n) is 6.43. The van der Waals surface area contributed by atoms with Crippen LogP contribution in [0.25, 0.3) is 0 Å². The number of rotatable bonds is 4. The molecule has 0 aliphatic heterocycles. The molecule has 0 saturated heterocycles. The first-order chi connectivity index (χ1) is 9.87. The van der Waals surface area contributed by atoms with E-state index in [2.05, 4.69) is 10.3 Å². The van der Waals surface area contributed by atoms with Crippen molar-refractivity contribution < 1.29 is 13.2 Å². The van der Waals surface area contributed by atoms with Crippen molar-refractivity contribution in [2.45, 2.75) is 18.6 Å². The van der Waals surface area contributed by atoms with Crippen molar-refractivity contribution in [2.75, 3.05) is 11.9 Å². The molecule has 2 rings (SSSR count). The summed E-state index contributed by atoms with van der Waals surface area (Å²) in [6.07, 6.45) is -3.15. The van der Waals surface area contributed by atoms with E-state index >= 15 is 0 Å². The lowest BCUT2D eigenvalue weighted by Gasteiger charge is -2.31. The van der Waals surface area contributed by atoms with Crippen LogP contribution in [0.4, 0.5) is 19.0 Å². The summed E-state index contributed by atoms with van der Waals surface area (Å²) in [6, 6.07) is 11.4. The van der Waals surface area contributed by atoms with E-state index in [-0.39, 0.29) is 12.4 Å². The average molecular weight is 295 g/mol. The number of nitrogens with zero attached hydrogens (tertiary/aromatic N) is 1. The van der Waals surface area contributed by atoms with E-state index in [0.717, 1.165) is 11.6 Å². The summed E-state index contributed by atoms with van der Waals surface area (Å²) in [7, 11) is 0. The molecule has 6 heteroatoms. The van der Waals surface area contributed by atoms with Crippen molar-refractivity contribution in [3.8, 4) is 0 Å². The van der Waals surface area contributed by atoms with Crippen LogP contribution in [0.1, 0.15) is 18.1 Å². The standard InChI is InChI=1S/C15H16F3N3/c1-14(10-19,11-6-3-2-4-7-11)21-13-12(15(16,17)18)8-5-9-20-13/h2-9H,10,19H2,1H3,(H,20,21). The van der Waals surface area contributed by atoms with Gasteiger partial charge in [0.15, 0.2) is 0 Å². The van der Waals surface area contributed by atoms with Crippen LogP contribution in [0.5, 0.6) is 0 Å². The topological polar surface area (TPSA) is 50.9 Å². The highest BCUT2D eigenvalue weighted by molar-refractivity contribution is 5.49. The molecule has 1 atom stereocenters. The first kappa shape index (κ1) is 15.3. The van der Waals surface area contributed by atoms with Crippen molar-refractivity contribution in [1.82, 2.24) is 4.98 Å². The number of aromatic nitrogens is 1. The van der Waals surface area contributed by atoms with Gasteiger partial charge in [-0.15, -0.1) is 0 Å². The molecular formula is C15H16F3N3. The Balaban J connectivity index is 2.41. The average Bonchev–Trinajstić information content (AvgIpc) is 2.47. The lowest BCUT2D eigenvalue weighted by Crippen LogP contribution is -2.40. The number of nitrogens with two attached hydrogens (primary N) is 1. The van der Waals surface area contributed by atoms with Gasteiger partial charge in [-0.1, -0.05) is 30.3 Å². The largest absolute Gasteiger partial charge is 0.419 e. The van der Waals surface area contributed by atoms with Crippen LogP contribution >= 0.6 is 0 Å². The highest BCUT2D eigenvalue weighted by atomic mass is 19.4. The highest BCUT2D eigenvalue weighted by Gasteiger charge is 2.36. The summed E-state index contributed by atoms with van der Waals surface area (Å²) < 4.78 is 39.1. The summed E-state index contributed by atoms with van der Waals surface area (Å²) in [5, 5.41) is 2.84. The second-order valence-electron chi connectivity index (χ2n) is 4.92. The summed E-state index contributed by atoms with van der Waals surface area (Å²) in [5.41, 5.74) is 4.93. The third kappa shape index (κ3) is 3.33. The number of nitrogens with one attached hydrogen (secondary N) is 1. The van der Waals surface area contributed by atoms with Crippen LogP contribution in [0, 0.1) is 0 Å². The van der Waals surface area contributed by atoms with Gasteiger partial charge in [-0.3, -0.25) is 0 Å². The van der Waals surface area contributed by atoms with E-state index in [0.29, 0.717) is 0 Å². The van der Waals surface area contributed by atoms with E-state index in [1.807, 2.05) is 30.3 Å². The Labute approximate surface area is 121 Å². The Morgan fingerprint density at radius 3 is 2.33 bits per heavy atom. The fourth-order valence-corrected chi connectivity index (χ4v) is 2.04. The maximum absolute atomic E-state index is 13.0.